The maximum atomic E-state index is 11.0. The van der Waals surface area contributed by atoms with Crippen LogP contribution in [-0.4, -0.2) is 47.5 Å². The molecule has 1 aliphatic rings. The van der Waals surface area contributed by atoms with Crippen molar-refractivity contribution in [2.24, 2.45) is 0 Å². The molecule has 1 aromatic heterocycles. The highest BCUT2D eigenvalue weighted by Gasteiger charge is 2.20. The molecule has 3 N–H and O–H groups in total. The summed E-state index contributed by atoms with van der Waals surface area (Å²) >= 11 is 0. The van der Waals surface area contributed by atoms with Crippen molar-refractivity contribution >= 4 is 5.97 Å². The summed E-state index contributed by atoms with van der Waals surface area (Å²) < 4.78 is 11.2. The fourth-order valence-corrected chi connectivity index (χ4v) is 3.78. The number of methoxy groups -OCH3 is 1. The number of aliphatic hydroxyl groups is 1. The Hall–Kier alpha value is -3.42. The molecule has 4 rings (SSSR count). The highest BCUT2D eigenvalue weighted by atomic mass is 16.5. The third kappa shape index (κ3) is 5.07. The van der Waals surface area contributed by atoms with Crippen LogP contribution in [0.3, 0.4) is 0 Å². The monoisotopic (exact) mass is 434 g/mol. The van der Waals surface area contributed by atoms with Gasteiger partial charge in [0.05, 0.1) is 18.8 Å². The van der Waals surface area contributed by atoms with Gasteiger partial charge >= 0.3 is 5.97 Å². The van der Waals surface area contributed by atoms with Crippen molar-refractivity contribution in [1.82, 2.24) is 10.3 Å². The SMILES string of the molecule is COc1ccc([C@H](O)CNC[C@H]2CCc3cc(-c4ccc(C(=O)O)cc4)ccc3O2)cn1. The first-order chi connectivity index (χ1) is 15.5. The van der Waals surface area contributed by atoms with Crippen molar-refractivity contribution in [1.29, 1.82) is 0 Å². The van der Waals surface area contributed by atoms with Crippen LogP contribution in [0.4, 0.5) is 0 Å². The molecule has 0 bridgehead atoms. The van der Waals surface area contributed by atoms with Crippen LogP contribution in [0.15, 0.2) is 60.8 Å². The van der Waals surface area contributed by atoms with Gasteiger partial charge in [0.2, 0.25) is 5.88 Å². The van der Waals surface area contributed by atoms with Crippen molar-refractivity contribution in [3.8, 4) is 22.8 Å². The molecule has 2 aromatic carbocycles. The number of nitrogens with zero attached hydrogens (tertiary/aromatic N) is 1. The van der Waals surface area contributed by atoms with Crippen molar-refractivity contribution in [3.05, 3.63) is 77.5 Å². The Labute approximate surface area is 186 Å². The predicted octanol–water partition coefficient (Wildman–Crippen LogP) is 3.47. The lowest BCUT2D eigenvalue weighted by atomic mass is 9.96. The first kappa shape index (κ1) is 21.8. The molecule has 7 heteroatoms. The number of carboxylic acids is 1. The molecule has 0 amide bonds. The molecule has 2 heterocycles. The van der Waals surface area contributed by atoms with E-state index < -0.39 is 12.1 Å². The Balaban J connectivity index is 1.31. The van der Waals surface area contributed by atoms with Gasteiger partial charge in [-0.15, -0.1) is 0 Å². The zero-order chi connectivity index (χ0) is 22.5. The zero-order valence-corrected chi connectivity index (χ0v) is 17.8. The van der Waals surface area contributed by atoms with Gasteiger partial charge in [0.15, 0.2) is 0 Å². The standard InChI is InChI=1S/C25H26N2O5/c1-31-24-11-8-20(13-27-24)22(28)15-26-14-21-9-6-19-12-18(7-10-23(19)32-21)16-2-4-17(5-3-16)25(29)30/h2-5,7-8,10-13,21-22,26,28H,6,9,14-15H2,1H3,(H,29,30)/t21-,22-/m1/s1. The molecule has 2 atom stereocenters. The summed E-state index contributed by atoms with van der Waals surface area (Å²) in [7, 11) is 1.56. The molecule has 3 aromatic rings. The Kier molecular flexibility index (Phi) is 6.68. The molecule has 0 spiro atoms. The molecule has 0 unspecified atom stereocenters. The Morgan fingerprint density at radius 1 is 1.19 bits per heavy atom. The Bertz CT molecular complexity index is 1070. The van der Waals surface area contributed by atoms with Gasteiger partial charge in [0.1, 0.15) is 11.9 Å². The first-order valence-corrected chi connectivity index (χ1v) is 10.6. The van der Waals surface area contributed by atoms with E-state index in [4.69, 9.17) is 14.6 Å². The van der Waals surface area contributed by atoms with E-state index in [1.165, 1.54) is 0 Å². The number of fused-ring (bicyclic) bond motifs is 1. The minimum absolute atomic E-state index is 0.0318. The quantitative estimate of drug-likeness (QED) is 0.499. The van der Waals surface area contributed by atoms with E-state index in [0.29, 0.717) is 19.0 Å². The van der Waals surface area contributed by atoms with Gasteiger partial charge in [-0.3, -0.25) is 0 Å². The number of nitrogens with one attached hydrogen (secondary N) is 1. The third-order valence-electron chi connectivity index (χ3n) is 5.62. The number of hydrogen-bond donors (Lipinski definition) is 3. The zero-order valence-electron chi connectivity index (χ0n) is 17.8. The largest absolute Gasteiger partial charge is 0.489 e. The predicted molar refractivity (Wildman–Crippen MR) is 120 cm³/mol. The third-order valence-corrected chi connectivity index (χ3v) is 5.62. The van der Waals surface area contributed by atoms with Crippen LogP contribution in [0, 0.1) is 0 Å². The minimum atomic E-state index is -0.928. The molecule has 0 saturated carbocycles. The van der Waals surface area contributed by atoms with E-state index in [-0.39, 0.29) is 11.7 Å². The fraction of sp³-hybridized carbons (Fsp3) is 0.280. The molecule has 7 nitrogen and oxygen atoms in total. The average molecular weight is 434 g/mol. The summed E-state index contributed by atoms with van der Waals surface area (Å²) in [5.41, 5.74) is 4.17. The van der Waals surface area contributed by atoms with Gasteiger partial charge in [-0.05, 0) is 59.9 Å². The smallest absolute Gasteiger partial charge is 0.335 e. The molecule has 0 aliphatic carbocycles. The molecule has 1 aliphatic heterocycles. The molecule has 32 heavy (non-hydrogen) atoms. The maximum Gasteiger partial charge on any atom is 0.335 e. The number of hydrogen-bond acceptors (Lipinski definition) is 6. The van der Waals surface area contributed by atoms with Gasteiger partial charge in [-0.1, -0.05) is 18.2 Å². The summed E-state index contributed by atoms with van der Waals surface area (Å²) in [5.74, 6) is 0.459. The van der Waals surface area contributed by atoms with E-state index in [1.807, 2.05) is 24.3 Å². The molecule has 0 fully saturated rings. The lowest BCUT2D eigenvalue weighted by Crippen LogP contribution is -2.36. The second-order valence-electron chi connectivity index (χ2n) is 7.79. The van der Waals surface area contributed by atoms with Crippen LogP contribution in [0.1, 0.15) is 34.0 Å². The van der Waals surface area contributed by atoms with Crippen molar-refractivity contribution in [2.45, 2.75) is 25.0 Å². The lowest BCUT2D eigenvalue weighted by molar-refractivity contribution is 0.0697. The topological polar surface area (TPSA) is 101 Å². The number of carbonyl (C=O) groups is 1. The summed E-state index contributed by atoms with van der Waals surface area (Å²) in [6, 6.07) is 16.5. The summed E-state index contributed by atoms with van der Waals surface area (Å²) in [4.78, 5) is 15.2. The normalized spacial score (nSPS) is 16.0. The molecule has 0 radical (unpaired) electrons. The molecular weight excluding hydrogens is 408 g/mol. The number of rotatable bonds is 8. The number of benzene rings is 2. The van der Waals surface area contributed by atoms with Crippen molar-refractivity contribution in [2.75, 3.05) is 20.2 Å². The molecule has 0 saturated heterocycles. The van der Waals surface area contributed by atoms with Crippen LogP contribution in [0.5, 0.6) is 11.6 Å². The number of aromatic carboxylic acids is 1. The summed E-state index contributed by atoms with van der Waals surface area (Å²) in [6.45, 7) is 1.05. The maximum absolute atomic E-state index is 11.0. The van der Waals surface area contributed by atoms with E-state index in [9.17, 15) is 9.90 Å². The Morgan fingerprint density at radius 3 is 2.66 bits per heavy atom. The highest BCUT2D eigenvalue weighted by Crippen LogP contribution is 2.32. The number of carboxylic acid groups (broad SMARTS) is 1. The van der Waals surface area contributed by atoms with Gasteiger partial charge in [0, 0.05) is 30.9 Å². The van der Waals surface area contributed by atoms with Crippen LogP contribution < -0.4 is 14.8 Å². The van der Waals surface area contributed by atoms with Gasteiger partial charge in [-0.25, -0.2) is 9.78 Å². The number of pyridine rings is 1. The van der Waals surface area contributed by atoms with Gasteiger partial charge in [0.25, 0.3) is 0 Å². The number of aromatic nitrogens is 1. The van der Waals surface area contributed by atoms with Crippen molar-refractivity contribution in [3.63, 3.8) is 0 Å². The number of aryl methyl sites for hydroxylation is 1. The first-order valence-electron chi connectivity index (χ1n) is 10.6. The van der Waals surface area contributed by atoms with Gasteiger partial charge in [-0.2, -0.15) is 0 Å². The second-order valence-corrected chi connectivity index (χ2v) is 7.79. The van der Waals surface area contributed by atoms with Crippen molar-refractivity contribution < 1.29 is 24.5 Å². The van der Waals surface area contributed by atoms with Crippen LogP contribution >= 0.6 is 0 Å². The van der Waals surface area contributed by atoms with Crippen LogP contribution in [0.2, 0.25) is 0 Å². The average Bonchev–Trinajstić information content (AvgIpc) is 2.83. The van der Waals surface area contributed by atoms with E-state index in [2.05, 4.69) is 16.4 Å². The van der Waals surface area contributed by atoms with Gasteiger partial charge < -0.3 is 25.0 Å². The van der Waals surface area contributed by atoms with Crippen LogP contribution in [-0.2, 0) is 6.42 Å². The molecule has 166 valence electrons. The second kappa shape index (κ2) is 9.80. The number of aliphatic hydroxyl groups excluding tert-OH is 1. The summed E-state index contributed by atoms with van der Waals surface area (Å²) in [6.07, 6.45) is 2.77. The fourth-order valence-electron chi connectivity index (χ4n) is 3.78. The highest BCUT2D eigenvalue weighted by molar-refractivity contribution is 5.88. The van der Waals surface area contributed by atoms with E-state index >= 15 is 0 Å². The molecular formula is C25H26N2O5. The minimum Gasteiger partial charge on any atom is -0.489 e. The lowest BCUT2D eigenvalue weighted by Gasteiger charge is -2.27. The summed E-state index contributed by atoms with van der Waals surface area (Å²) in [5, 5.41) is 22.7. The Morgan fingerprint density at radius 2 is 1.97 bits per heavy atom. The van der Waals surface area contributed by atoms with E-state index in [1.54, 1.807) is 37.6 Å². The van der Waals surface area contributed by atoms with E-state index in [0.717, 1.165) is 40.8 Å². The number of ether oxygens (including phenoxy) is 2. The van der Waals surface area contributed by atoms with Crippen LogP contribution in [0.25, 0.3) is 11.1 Å².